The number of hydrogen-bond acceptors (Lipinski definition) is 4. The number of amides is 3. The Morgan fingerprint density at radius 3 is 2.04 bits per heavy atom. The zero-order valence-corrected chi connectivity index (χ0v) is 21.0. The summed E-state index contributed by atoms with van der Waals surface area (Å²) in [6, 6.07) is -0.116. The zero-order chi connectivity index (χ0) is 20.9. The van der Waals surface area contributed by atoms with Gasteiger partial charge in [0.15, 0.2) is 0 Å². The van der Waals surface area contributed by atoms with Crippen LogP contribution in [-0.2, 0) is 9.59 Å². The number of carbonyl (C=O) groups is 4. The van der Waals surface area contributed by atoms with Crippen LogP contribution >= 0.6 is 67.8 Å². The third-order valence-corrected chi connectivity index (χ3v) is 6.51. The number of aliphatic carboxylic acids is 1. The van der Waals surface area contributed by atoms with Crippen molar-refractivity contribution in [2.75, 3.05) is 5.32 Å². The highest BCUT2D eigenvalue weighted by Crippen LogP contribution is 2.35. The SMILES string of the molecule is CC(C)NC(=O)c1c(I)c(NC(=O)CCCC(=O)O)c(I)c(C(N)=O)c1I. The smallest absolute Gasteiger partial charge is 0.303 e. The highest BCUT2D eigenvalue weighted by Gasteiger charge is 2.27. The highest BCUT2D eigenvalue weighted by atomic mass is 127. The van der Waals surface area contributed by atoms with Crippen molar-refractivity contribution in [2.45, 2.75) is 39.2 Å². The first-order chi connectivity index (χ1) is 12.5. The molecule has 5 N–H and O–H groups in total. The molecule has 0 aliphatic heterocycles. The second-order valence-electron chi connectivity index (χ2n) is 5.85. The van der Waals surface area contributed by atoms with Gasteiger partial charge in [0.1, 0.15) is 0 Å². The van der Waals surface area contributed by atoms with Gasteiger partial charge in [0.05, 0.1) is 24.0 Å². The second kappa shape index (κ2) is 10.7. The summed E-state index contributed by atoms with van der Waals surface area (Å²) >= 11 is 5.75. The quantitative estimate of drug-likeness (QED) is 0.308. The summed E-state index contributed by atoms with van der Waals surface area (Å²) in [5, 5.41) is 14.1. The molecule has 0 heterocycles. The Labute approximate surface area is 197 Å². The summed E-state index contributed by atoms with van der Waals surface area (Å²) < 4.78 is 1.33. The fourth-order valence-electron chi connectivity index (χ4n) is 2.13. The molecule has 27 heavy (non-hydrogen) atoms. The van der Waals surface area contributed by atoms with Crippen molar-refractivity contribution in [3.8, 4) is 0 Å². The number of nitrogens with two attached hydrogens (primary N) is 1. The number of benzene rings is 1. The first-order valence-electron chi connectivity index (χ1n) is 7.80. The Morgan fingerprint density at radius 2 is 1.56 bits per heavy atom. The van der Waals surface area contributed by atoms with E-state index >= 15 is 0 Å². The fraction of sp³-hybridized carbons (Fsp3) is 0.375. The Morgan fingerprint density at radius 1 is 1.00 bits per heavy atom. The monoisotopic (exact) mass is 713 g/mol. The van der Waals surface area contributed by atoms with Crippen LogP contribution in [0.1, 0.15) is 53.8 Å². The van der Waals surface area contributed by atoms with Crippen LogP contribution in [0.2, 0.25) is 0 Å². The lowest BCUT2D eigenvalue weighted by atomic mass is 10.1. The van der Waals surface area contributed by atoms with Gasteiger partial charge in [-0.2, -0.15) is 0 Å². The van der Waals surface area contributed by atoms with Crippen molar-refractivity contribution in [2.24, 2.45) is 5.73 Å². The van der Waals surface area contributed by atoms with E-state index < -0.39 is 17.8 Å². The minimum atomic E-state index is -0.982. The molecule has 148 valence electrons. The minimum absolute atomic E-state index is 0.00384. The number of carboxylic acid groups (broad SMARTS) is 1. The molecule has 8 nitrogen and oxygen atoms in total. The minimum Gasteiger partial charge on any atom is -0.481 e. The second-order valence-corrected chi connectivity index (χ2v) is 9.09. The fourth-order valence-corrected chi connectivity index (χ4v) is 6.58. The summed E-state index contributed by atoms with van der Waals surface area (Å²) in [5.74, 6) is -2.47. The highest BCUT2D eigenvalue weighted by molar-refractivity contribution is 14.1. The van der Waals surface area contributed by atoms with Gasteiger partial charge >= 0.3 is 5.97 Å². The van der Waals surface area contributed by atoms with E-state index in [0.29, 0.717) is 16.4 Å². The maximum Gasteiger partial charge on any atom is 0.303 e. The van der Waals surface area contributed by atoms with Crippen LogP contribution in [0.15, 0.2) is 0 Å². The van der Waals surface area contributed by atoms with Crippen molar-refractivity contribution >= 4 is 97.2 Å². The average Bonchev–Trinajstić information content (AvgIpc) is 2.49. The topological polar surface area (TPSA) is 139 Å². The van der Waals surface area contributed by atoms with E-state index in [-0.39, 0.29) is 42.3 Å². The summed E-state index contributed by atoms with van der Waals surface area (Å²) in [6.45, 7) is 3.62. The van der Waals surface area contributed by atoms with Crippen LogP contribution in [0, 0.1) is 10.7 Å². The number of carbonyl (C=O) groups excluding carboxylic acids is 3. The molecule has 11 heteroatoms. The molecule has 0 unspecified atom stereocenters. The maximum absolute atomic E-state index is 12.6. The van der Waals surface area contributed by atoms with E-state index in [0.717, 1.165) is 0 Å². The van der Waals surface area contributed by atoms with Gasteiger partial charge < -0.3 is 21.5 Å². The molecule has 3 amide bonds. The van der Waals surface area contributed by atoms with Crippen LogP contribution in [0.4, 0.5) is 5.69 Å². The first-order valence-corrected chi connectivity index (χ1v) is 11.0. The molecule has 0 aliphatic carbocycles. The van der Waals surface area contributed by atoms with Gasteiger partial charge in [0, 0.05) is 22.5 Å². The number of carboxylic acids is 1. The lowest BCUT2D eigenvalue weighted by Gasteiger charge is -2.19. The normalized spacial score (nSPS) is 10.6. The number of hydrogen-bond donors (Lipinski definition) is 4. The van der Waals surface area contributed by atoms with Crippen LogP contribution in [0.25, 0.3) is 0 Å². The van der Waals surface area contributed by atoms with Crippen molar-refractivity contribution in [3.63, 3.8) is 0 Å². The Balaban J connectivity index is 3.36. The third kappa shape index (κ3) is 6.69. The third-order valence-electron chi connectivity index (χ3n) is 3.27. The number of primary amides is 1. The van der Waals surface area contributed by atoms with E-state index in [1.54, 1.807) is 0 Å². The summed E-state index contributed by atoms with van der Waals surface area (Å²) in [4.78, 5) is 47.3. The van der Waals surface area contributed by atoms with Gasteiger partial charge in [-0.1, -0.05) is 0 Å². The van der Waals surface area contributed by atoms with Crippen LogP contribution in [0.3, 0.4) is 0 Å². The van der Waals surface area contributed by atoms with Crippen molar-refractivity contribution in [1.82, 2.24) is 5.32 Å². The van der Waals surface area contributed by atoms with Crippen LogP contribution < -0.4 is 16.4 Å². The molecular formula is C16H18I3N3O5. The van der Waals surface area contributed by atoms with Crippen molar-refractivity contribution < 1.29 is 24.3 Å². The zero-order valence-electron chi connectivity index (χ0n) is 14.5. The van der Waals surface area contributed by atoms with Gasteiger partial charge in [-0.3, -0.25) is 19.2 Å². The molecule has 0 aromatic heterocycles. The molecule has 0 saturated carbocycles. The van der Waals surface area contributed by atoms with Crippen molar-refractivity contribution in [3.05, 3.63) is 21.8 Å². The van der Waals surface area contributed by atoms with Gasteiger partial charge in [0.2, 0.25) is 5.91 Å². The van der Waals surface area contributed by atoms with Gasteiger partial charge in [-0.05, 0) is 88.0 Å². The maximum atomic E-state index is 12.6. The lowest BCUT2D eigenvalue weighted by Crippen LogP contribution is -2.33. The largest absolute Gasteiger partial charge is 0.481 e. The average molecular weight is 713 g/mol. The molecule has 0 radical (unpaired) electrons. The summed E-state index contributed by atoms with van der Waals surface area (Å²) in [6.07, 6.45) is 0.0643. The van der Waals surface area contributed by atoms with E-state index in [1.165, 1.54) is 0 Å². The lowest BCUT2D eigenvalue weighted by molar-refractivity contribution is -0.137. The Kier molecular flexibility index (Phi) is 9.67. The molecule has 0 atom stereocenters. The molecule has 1 rings (SSSR count). The first kappa shape index (κ1) is 24.3. The molecule has 0 aliphatic rings. The van der Waals surface area contributed by atoms with E-state index in [4.69, 9.17) is 10.8 Å². The number of anilines is 1. The van der Waals surface area contributed by atoms with Crippen LogP contribution in [-0.4, -0.2) is 34.8 Å². The standard InChI is InChI=1S/C16H18I3N3O5/c1-6(2)21-16(27)10-11(17)9(15(20)26)12(18)14(13(10)19)22-7(23)4-3-5-8(24)25/h6H,3-5H2,1-2H3,(H2,20,26)(H,21,27)(H,22,23)(H,24,25). The number of nitrogens with one attached hydrogen (secondary N) is 2. The molecular weight excluding hydrogens is 695 g/mol. The molecule has 0 bridgehead atoms. The summed E-state index contributed by atoms with van der Waals surface area (Å²) in [5.41, 5.74) is 6.23. The van der Waals surface area contributed by atoms with E-state index in [1.807, 2.05) is 81.6 Å². The van der Waals surface area contributed by atoms with Crippen LogP contribution in [0.5, 0.6) is 0 Å². The number of halogens is 3. The van der Waals surface area contributed by atoms with Gasteiger partial charge in [-0.15, -0.1) is 0 Å². The van der Waals surface area contributed by atoms with E-state index in [9.17, 15) is 19.2 Å². The molecule has 0 spiro atoms. The molecule has 1 aromatic rings. The molecule has 1 aromatic carbocycles. The molecule has 0 fully saturated rings. The van der Waals surface area contributed by atoms with E-state index in [2.05, 4.69) is 10.6 Å². The number of rotatable bonds is 8. The van der Waals surface area contributed by atoms with Gasteiger partial charge in [-0.25, -0.2) is 0 Å². The Hall–Kier alpha value is -0.710. The molecule has 0 saturated heterocycles. The predicted octanol–water partition coefficient (Wildman–Crippen LogP) is 2.93. The van der Waals surface area contributed by atoms with Gasteiger partial charge in [0.25, 0.3) is 11.8 Å². The summed E-state index contributed by atoms with van der Waals surface area (Å²) in [7, 11) is 0. The Bertz CT molecular complexity index is 796. The van der Waals surface area contributed by atoms with Crippen molar-refractivity contribution in [1.29, 1.82) is 0 Å². The predicted molar refractivity (Wildman–Crippen MR) is 126 cm³/mol.